The Balaban J connectivity index is 1.67. The van der Waals surface area contributed by atoms with Crippen LogP contribution in [0.3, 0.4) is 0 Å². The third kappa shape index (κ3) is 3.90. The van der Waals surface area contributed by atoms with Gasteiger partial charge < -0.3 is 0 Å². The standard InChI is InChI=1S/C41H34/c1-25-26(2)28(4)39(29(5)27(25)3)32-22-23-37-38(24-32)40(31-15-7-6-8-16-31)35-19-11-12-20-36(35)41(37)34-21-13-17-30-14-9-10-18-33(30)34/h6-24H,1-5H3. The monoisotopic (exact) mass is 526 g/mol. The summed E-state index contributed by atoms with van der Waals surface area (Å²) in [7, 11) is 0. The fourth-order valence-electron chi connectivity index (χ4n) is 6.92. The molecule has 0 aliphatic rings. The van der Waals surface area contributed by atoms with E-state index in [2.05, 4.69) is 150 Å². The highest BCUT2D eigenvalue weighted by Crippen LogP contribution is 2.47. The first-order valence-corrected chi connectivity index (χ1v) is 14.5. The first-order valence-electron chi connectivity index (χ1n) is 14.5. The quantitative estimate of drug-likeness (QED) is 0.201. The lowest BCUT2D eigenvalue weighted by atomic mass is 9.82. The van der Waals surface area contributed by atoms with Gasteiger partial charge in [-0.1, -0.05) is 109 Å². The Kier molecular flexibility index (Phi) is 6.02. The summed E-state index contributed by atoms with van der Waals surface area (Å²) in [6, 6.07) is 42.5. The molecule has 0 nitrogen and oxygen atoms in total. The minimum Gasteiger partial charge on any atom is -0.0622 e. The molecule has 7 rings (SSSR count). The van der Waals surface area contributed by atoms with E-state index in [1.807, 2.05) is 0 Å². The topological polar surface area (TPSA) is 0 Å². The molecule has 0 amide bonds. The van der Waals surface area contributed by atoms with Gasteiger partial charge in [0.2, 0.25) is 0 Å². The van der Waals surface area contributed by atoms with E-state index in [1.165, 1.54) is 93.5 Å². The zero-order chi connectivity index (χ0) is 28.2. The van der Waals surface area contributed by atoms with Crippen LogP contribution in [0.2, 0.25) is 0 Å². The molecule has 41 heavy (non-hydrogen) atoms. The van der Waals surface area contributed by atoms with E-state index in [4.69, 9.17) is 0 Å². The van der Waals surface area contributed by atoms with E-state index in [0.717, 1.165) is 0 Å². The molecule has 0 saturated heterocycles. The third-order valence-corrected chi connectivity index (χ3v) is 9.43. The van der Waals surface area contributed by atoms with E-state index in [0.29, 0.717) is 0 Å². The van der Waals surface area contributed by atoms with Crippen LogP contribution in [-0.4, -0.2) is 0 Å². The Hall–Kier alpha value is -4.68. The molecule has 0 aromatic heterocycles. The van der Waals surface area contributed by atoms with Gasteiger partial charge in [0.25, 0.3) is 0 Å². The molecular formula is C41H34. The maximum atomic E-state index is 2.46. The largest absolute Gasteiger partial charge is 0.0622 e. The highest BCUT2D eigenvalue weighted by atomic mass is 14.2. The van der Waals surface area contributed by atoms with Crippen molar-refractivity contribution in [3.8, 4) is 33.4 Å². The van der Waals surface area contributed by atoms with Gasteiger partial charge in [-0.2, -0.15) is 0 Å². The molecule has 7 aromatic rings. The molecule has 0 aliphatic carbocycles. The average Bonchev–Trinajstić information content (AvgIpc) is 3.02. The first-order chi connectivity index (χ1) is 20.0. The maximum absolute atomic E-state index is 2.46. The van der Waals surface area contributed by atoms with Crippen LogP contribution < -0.4 is 0 Å². The first kappa shape index (κ1) is 25.3. The molecule has 0 heteroatoms. The van der Waals surface area contributed by atoms with Crippen molar-refractivity contribution in [2.45, 2.75) is 34.6 Å². The molecule has 0 atom stereocenters. The normalized spacial score (nSPS) is 11.5. The molecular weight excluding hydrogens is 492 g/mol. The summed E-state index contributed by atoms with van der Waals surface area (Å²) in [5.74, 6) is 0. The Morgan fingerprint density at radius 1 is 0.317 bits per heavy atom. The van der Waals surface area contributed by atoms with Gasteiger partial charge >= 0.3 is 0 Å². The molecule has 0 fully saturated rings. The predicted molar refractivity (Wildman–Crippen MR) is 179 cm³/mol. The lowest BCUT2D eigenvalue weighted by Gasteiger charge is -2.22. The van der Waals surface area contributed by atoms with Crippen LogP contribution in [0.25, 0.3) is 65.7 Å². The molecule has 0 spiro atoms. The molecule has 7 aromatic carbocycles. The maximum Gasteiger partial charge on any atom is -0.00201 e. The zero-order valence-electron chi connectivity index (χ0n) is 24.5. The Bertz CT molecular complexity index is 2090. The molecule has 0 unspecified atom stereocenters. The van der Waals surface area contributed by atoms with E-state index in [-0.39, 0.29) is 0 Å². The highest BCUT2D eigenvalue weighted by Gasteiger charge is 2.20. The molecule has 0 saturated carbocycles. The van der Waals surface area contributed by atoms with Gasteiger partial charge in [0, 0.05) is 0 Å². The van der Waals surface area contributed by atoms with Crippen molar-refractivity contribution in [2.75, 3.05) is 0 Å². The second kappa shape index (κ2) is 9.75. The fraction of sp³-hybridized carbons (Fsp3) is 0.122. The Morgan fingerprint density at radius 2 is 0.854 bits per heavy atom. The van der Waals surface area contributed by atoms with Gasteiger partial charge in [0.15, 0.2) is 0 Å². The van der Waals surface area contributed by atoms with Crippen molar-refractivity contribution < 1.29 is 0 Å². The summed E-state index contributed by atoms with van der Waals surface area (Å²) >= 11 is 0. The molecule has 0 bridgehead atoms. The van der Waals surface area contributed by atoms with Crippen LogP contribution in [0.4, 0.5) is 0 Å². The molecule has 198 valence electrons. The molecule has 0 radical (unpaired) electrons. The van der Waals surface area contributed by atoms with Crippen molar-refractivity contribution in [1.29, 1.82) is 0 Å². The third-order valence-electron chi connectivity index (χ3n) is 9.43. The van der Waals surface area contributed by atoms with Crippen LogP contribution >= 0.6 is 0 Å². The lowest BCUT2D eigenvalue weighted by molar-refractivity contribution is 1.18. The summed E-state index contributed by atoms with van der Waals surface area (Å²) in [5.41, 5.74) is 14.7. The number of hydrogen-bond donors (Lipinski definition) is 0. The van der Waals surface area contributed by atoms with Crippen LogP contribution in [0.1, 0.15) is 27.8 Å². The van der Waals surface area contributed by atoms with Crippen molar-refractivity contribution in [1.82, 2.24) is 0 Å². The summed E-state index contributed by atoms with van der Waals surface area (Å²) < 4.78 is 0. The van der Waals surface area contributed by atoms with Crippen LogP contribution in [0.15, 0.2) is 115 Å². The van der Waals surface area contributed by atoms with Gasteiger partial charge in [-0.15, -0.1) is 0 Å². The summed E-state index contributed by atoms with van der Waals surface area (Å²) in [6.45, 7) is 11.4. The highest BCUT2D eigenvalue weighted by molar-refractivity contribution is 6.24. The lowest BCUT2D eigenvalue weighted by Crippen LogP contribution is -2.00. The fourth-order valence-corrected chi connectivity index (χ4v) is 6.92. The van der Waals surface area contributed by atoms with Crippen molar-refractivity contribution in [3.63, 3.8) is 0 Å². The minimum atomic E-state index is 1.25. The SMILES string of the molecule is Cc1c(C)c(C)c(-c2ccc3c(-c4cccc5ccccc45)c4ccccc4c(-c4ccccc4)c3c2)c(C)c1C. The van der Waals surface area contributed by atoms with Gasteiger partial charge in [-0.05, 0) is 134 Å². The van der Waals surface area contributed by atoms with Gasteiger partial charge in [0.05, 0.1) is 0 Å². The van der Waals surface area contributed by atoms with Crippen molar-refractivity contribution >= 4 is 32.3 Å². The van der Waals surface area contributed by atoms with Gasteiger partial charge in [-0.3, -0.25) is 0 Å². The minimum absolute atomic E-state index is 1.25. The van der Waals surface area contributed by atoms with Gasteiger partial charge in [0.1, 0.15) is 0 Å². The second-order valence-electron chi connectivity index (χ2n) is 11.4. The Labute approximate surface area is 242 Å². The van der Waals surface area contributed by atoms with Crippen molar-refractivity contribution in [3.05, 3.63) is 143 Å². The molecule has 0 heterocycles. The number of rotatable bonds is 3. The van der Waals surface area contributed by atoms with Crippen LogP contribution in [-0.2, 0) is 0 Å². The number of benzene rings is 7. The summed E-state index contributed by atoms with van der Waals surface area (Å²) in [6.07, 6.45) is 0. The molecule has 0 aliphatic heterocycles. The van der Waals surface area contributed by atoms with Crippen LogP contribution in [0, 0.1) is 34.6 Å². The van der Waals surface area contributed by atoms with E-state index < -0.39 is 0 Å². The van der Waals surface area contributed by atoms with Crippen molar-refractivity contribution in [2.24, 2.45) is 0 Å². The number of fused-ring (bicyclic) bond motifs is 3. The average molecular weight is 527 g/mol. The summed E-state index contributed by atoms with van der Waals surface area (Å²) in [4.78, 5) is 0. The summed E-state index contributed by atoms with van der Waals surface area (Å²) in [5, 5.41) is 7.72. The van der Waals surface area contributed by atoms with E-state index in [1.54, 1.807) is 0 Å². The second-order valence-corrected chi connectivity index (χ2v) is 11.4. The van der Waals surface area contributed by atoms with Gasteiger partial charge in [-0.25, -0.2) is 0 Å². The zero-order valence-corrected chi connectivity index (χ0v) is 24.5. The number of hydrogen-bond acceptors (Lipinski definition) is 0. The Morgan fingerprint density at radius 3 is 1.56 bits per heavy atom. The van der Waals surface area contributed by atoms with E-state index in [9.17, 15) is 0 Å². The smallest absolute Gasteiger partial charge is 0.00201 e. The predicted octanol–water partition coefficient (Wildman–Crippen LogP) is 11.7. The van der Waals surface area contributed by atoms with Crippen LogP contribution in [0.5, 0.6) is 0 Å². The molecule has 0 N–H and O–H groups in total. The van der Waals surface area contributed by atoms with E-state index >= 15 is 0 Å².